The van der Waals surface area contributed by atoms with Crippen LogP contribution in [-0.4, -0.2) is 53.7 Å². The third kappa shape index (κ3) is 6.63. The zero-order valence-electron chi connectivity index (χ0n) is 20.1. The van der Waals surface area contributed by atoms with Crippen molar-refractivity contribution in [3.8, 4) is 0 Å². The molecule has 2 fully saturated rings. The van der Waals surface area contributed by atoms with Crippen LogP contribution in [0.5, 0.6) is 0 Å². The monoisotopic (exact) mass is 490 g/mol. The van der Waals surface area contributed by atoms with Crippen LogP contribution in [0, 0.1) is 5.92 Å². The summed E-state index contributed by atoms with van der Waals surface area (Å²) in [5.74, 6) is -2.03. The first-order chi connectivity index (χ1) is 16.5. The van der Waals surface area contributed by atoms with E-state index in [9.17, 15) is 18.0 Å². The SMILES string of the molecule is CC(=O)NCC(CC1C[C@H]2CC[C@@H](C1)N2C)(c1ccccc1)c1ccccc1.O=C(O)C(F)(F)F. The molecule has 4 rings (SSSR count). The van der Waals surface area contributed by atoms with E-state index in [0.29, 0.717) is 12.5 Å². The average Bonchev–Trinajstić information content (AvgIpc) is 3.03. The number of piperidine rings is 1. The summed E-state index contributed by atoms with van der Waals surface area (Å²) >= 11 is 0. The summed E-state index contributed by atoms with van der Waals surface area (Å²) in [7, 11) is 2.30. The second-order valence-electron chi connectivity index (χ2n) is 9.62. The van der Waals surface area contributed by atoms with Crippen LogP contribution in [0.2, 0.25) is 0 Å². The lowest BCUT2D eigenvalue weighted by atomic mass is 9.67. The number of alkyl halides is 3. The van der Waals surface area contributed by atoms with Crippen molar-refractivity contribution < 1.29 is 27.9 Å². The molecular weight excluding hydrogens is 457 g/mol. The van der Waals surface area contributed by atoms with Crippen molar-refractivity contribution in [1.82, 2.24) is 10.2 Å². The lowest BCUT2D eigenvalue weighted by molar-refractivity contribution is -0.192. The number of carbonyl (C=O) groups excluding carboxylic acids is 1. The van der Waals surface area contributed by atoms with Crippen LogP contribution in [0.25, 0.3) is 0 Å². The highest BCUT2D eigenvalue weighted by molar-refractivity contribution is 5.73. The second-order valence-corrected chi connectivity index (χ2v) is 9.62. The lowest BCUT2D eigenvalue weighted by Gasteiger charge is -2.43. The topological polar surface area (TPSA) is 69.6 Å². The third-order valence-electron chi connectivity index (χ3n) is 7.37. The second kappa shape index (κ2) is 11.2. The summed E-state index contributed by atoms with van der Waals surface area (Å²) in [6.07, 6.45) is 1.23. The number of carboxylic acids is 1. The lowest BCUT2D eigenvalue weighted by Crippen LogP contribution is -2.46. The number of aliphatic carboxylic acids is 1. The average molecular weight is 491 g/mol. The number of carboxylic acid groups (broad SMARTS) is 1. The molecule has 0 radical (unpaired) electrons. The van der Waals surface area contributed by atoms with E-state index in [2.05, 4.69) is 77.9 Å². The van der Waals surface area contributed by atoms with Crippen LogP contribution in [0.4, 0.5) is 13.2 Å². The molecule has 2 aliphatic heterocycles. The van der Waals surface area contributed by atoms with Crippen LogP contribution in [0.1, 0.15) is 50.2 Å². The molecule has 2 aromatic carbocycles. The normalized spacial score (nSPS) is 22.1. The van der Waals surface area contributed by atoms with Gasteiger partial charge in [-0.05, 0) is 56.2 Å². The zero-order valence-corrected chi connectivity index (χ0v) is 20.1. The van der Waals surface area contributed by atoms with Crippen LogP contribution in [0.15, 0.2) is 60.7 Å². The van der Waals surface area contributed by atoms with Gasteiger partial charge in [0.05, 0.1) is 0 Å². The molecule has 2 saturated heterocycles. The molecule has 0 aliphatic carbocycles. The van der Waals surface area contributed by atoms with Gasteiger partial charge in [-0.3, -0.25) is 4.79 Å². The number of halogens is 3. The minimum absolute atomic E-state index is 0.0414. The Morgan fingerprint density at radius 2 is 1.37 bits per heavy atom. The van der Waals surface area contributed by atoms with Crippen molar-refractivity contribution in [1.29, 1.82) is 0 Å². The fourth-order valence-corrected chi connectivity index (χ4v) is 5.65. The quantitative estimate of drug-likeness (QED) is 0.598. The number of amides is 1. The number of hydrogen-bond donors (Lipinski definition) is 2. The van der Waals surface area contributed by atoms with E-state index < -0.39 is 12.1 Å². The Balaban J connectivity index is 0.000000429. The van der Waals surface area contributed by atoms with Gasteiger partial charge in [-0.15, -0.1) is 0 Å². The molecule has 8 heteroatoms. The molecule has 0 aromatic heterocycles. The molecule has 2 aliphatic rings. The molecule has 0 spiro atoms. The third-order valence-corrected chi connectivity index (χ3v) is 7.37. The summed E-state index contributed by atoms with van der Waals surface area (Å²) in [6.45, 7) is 2.27. The van der Waals surface area contributed by atoms with Crippen LogP contribution >= 0.6 is 0 Å². The van der Waals surface area contributed by atoms with E-state index in [1.807, 2.05) is 0 Å². The standard InChI is InChI=1S/C25H32N2O.C2HF3O2/c1-19(28)26-18-25(21-9-5-3-6-10-21,22-11-7-4-8-12-22)17-20-15-23-13-14-24(16-20)27(23)2;3-2(4,5)1(6)7/h3-12,20,23-24H,13-18H2,1-2H3,(H,26,28);(H,6,7)/t20?,23-,24+;. The minimum atomic E-state index is -5.08. The maximum Gasteiger partial charge on any atom is 0.490 e. The molecule has 3 atom stereocenters. The Morgan fingerprint density at radius 3 is 1.74 bits per heavy atom. The molecule has 1 amide bonds. The van der Waals surface area contributed by atoms with Gasteiger partial charge in [-0.2, -0.15) is 13.2 Å². The van der Waals surface area contributed by atoms with Gasteiger partial charge in [-0.1, -0.05) is 60.7 Å². The molecular formula is C27H33F3N2O3. The van der Waals surface area contributed by atoms with Crippen molar-refractivity contribution in [3.05, 3.63) is 71.8 Å². The summed E-state index contributed by atoms with van der Waals surface area (Å²) in [5.41, 5.74) is 2.43. The van der Waals surface area contributed by atoms with E-state index in [4.69, 9.17) is 9.90 Å². The van der Waals surface area contributed by atoms with E-state index in [-0.39, 0.29) is 11.3 Å². The van der Waals surface area contributed by atoms with E-state index >= 15 is 0 Å². The fourth-order valence-electron chi connectivity index (χ4n) is 5.65. The van der Waals surface area contributed by atoms with E-state index in [1.165, 1.54) is 36.8 Å². The minimum Gasteiger partial charge on any atom is -0.475 e. The first-order valence-electron chi connectivity index (χ1n) is 11.9. The summed E-state index contributed by atoms with van der Waals surface area (Å²) in [5, 5.41) is 10.3. The highest BCUT2D eigenvalue weighted by Crippen LogP contribution is 2.45. The first-order valence-corrected chi connectivity index (χ1v) is 11.9. The van der Waals surface area contributed by atoms with Gasteiger partial charge in [0, 0.05) is 31.0 Å². The molecule has 190 valence electrons. The summed E-state index contributed by atoms with van der Waals surface area (Å²) < 4.78 is 31.7. The number of rotatable bonds is 6. The van der Waals surface area contributed by atoms with Crippen molar-refractivity contribution in [2.24, 2.45) is 5.92 Å². The zero-order chi connectivity index (χ0) is 25.6. The summed E-state index contributed by atoms with van der Waals surface area (Å²) in [4.78, 5) is 23.4. The van der Waals surface area contributed by atoms with E-state index in [0.717, 1.165) is 18.5 Å². The van der Waals surface area contributed by atoms with Gasteiger partial charge in [-0.25, -0.2) is 4.79 Å². The fraction of sp³-hybridized carbons (Fsp3) is 0.481. The van der Waals surface area contributed by atoms with Crippen LogP contribution in [0.3, 0.4) is 0 Å². The van der Waals surface area contributed by atoms with E-state index in [1.54, 1.807) is 6.92 Å². The largest absolute Gasteiger partial charge is 0.490 e. The molecule has 5 nitrogen and oxygen atoms in total. The predicted octanol–water partition coefficient (Wildman–Crippen LogP) is 5.01. The number of carbonyl (C=O) groups is 2. The van der Waals surface area contributed by atoms with Gasteiger partial charge in [0.1, 0.15) is 0 Å². The number of nitrogens with one attached hydrogen (secondary N) is 1. The van der Waals surface area contributed by atoms with Gasteiger partial charge < -0.3 is 15.3 Å². The maximum absolute atomic E-state index is 11.9. The smallest absolute Gasteiger partial charge is 0.475 e. The molecule has 2 bridgehead atoms. The highest BCUT2D eigenvalue weighted by atomic mass is 19.4. The van der Waals surface area contributed by atoms with Crippen molar-refractivity contribution in [2.45, 2.75) is 62.7 Å². The number of hydrogen-bond acceptors (Lipinski definition) is 3. The van der Waals surface area contributed by atoms with Crippen molar-refractivity contribution in [2.75, 3.05) is 13.6 Å². The highest BCUT2D eigenvalue weighted by Gasteiger charge is 2.43. The Kier molecular flexibility index (Phi) is 8.59. The van der Waals surface area contributed by atoms with Crippen molar-refractivity contribution >= 4 is 11.9 Å². The Labute approximate surface area is 204 Å². The number of benzene rings is 2. The van der Waals surface area contributed by atoms with Crippen LogP contribution in [-0.2, 0) is 15.0 Å². The number of fused-ring (bicyclic) bond motifs is 2. The van der Waals surface area contributed by atoms with Crippen LogP contribution < -0.4 is 5.32 Å². The first kappa shape index (κ1) is 26.7. The molecule has 0 saturated carbocycles. The summed E-state index contributed by atoms with van der Waals surface area (Å²) in [6, 6.07) is 23.0. The molecule has 2 heterocycles. The Hall–Kier alpha value is -2.87. The molecule has 35 heavy (non-hydrogen) atoms. The van der Waals surface area contributed by atoms with Gasteiger partial charge in [0.2, 0.25) is 5.91 Å². The van der Waals surface area contributed by atoms with Gasteiger partial charge in [0.25, 0.3) is 0 Å². The molecule has 2 N–H and O–H groups in total. The number of nitrogens with zero attached hydrogens (tertiary/aromatic N) is 1. The van der Waals surface area contributed by atoms with Crippen molar-refractivity contribution in [3.63, 3.8) is 0 Å². The maximum atomic E-state index is 11.9. The molecule has 2 aromatic rings. The van der Waals surface area contributed by atoms with Gasteiger partial charge >= 0.3 is 12.1 Å². The molecule has 1 unspecified atom stereocenters. The Morgan fingerprint density at radius 1 is 0.943 bits per heavy atom. The van der Waals surface area contributed by atoms with Gasteiger partial charge in [0.15, 0.2) is 0 Å². The Bertz CT molecular complexity index is 929. The predicted molar refractivity (Wildman–Crippen MR) is 128 cm³/mol.